The number of aliphatic carboxylic acids is 1. The van der Waals surface area contributed by atoms with Gasteiger partial charge in [0.1, 0.15) is 18.1 Å². The third kappa shape index (κ3) is 9.96. The second kappa shape index (κ2) is 13.6. The number of imidazole rings is 1. The zero-order chi connectivity index (χ0) is 25.0. The molecule has 15 heteroatoms. The number of aromatic nitrogens is 2. The van der Waals surface area contributed by atoms with E-state index in [1.165, 1.54) is 19.4 Å². The predicted molar refractivity (Wildman–Crippen MR) is 116 cm³/mol. The molecule has 1 rings (SSSR count). The van der Waals surface area contributed by atoms with Crippen LogP contribution in [0.4, 0.5) is 0 Å². The van der Waals surface area contributed by atoms with Crippen LogP contribution in [0.25, 0.3) is 0 Å². The molecule has 0 radical (unpaired) electrons. The Kier molecular flexibility index (Phi) is 11.3. The molecule has 0 aliphatic rings. The number of hydrogen-bond donors (Lipinski definition) is 9. The summed E-state index contributed by atoms with van der Waals surface area (Å²) in [6.07, 6.45) is 3.60. The first-order valence-electron chi connectivity index (χ1n) is 10.1. The number of guanidine groups is 1. The van der Waals surface area contributed by atoms with Gasteiger partial charge in [0.25, 0.3) is 0 Å². The van der Waals surface area contributed by atoms with E-state index >= 15 is 0 Å². The van der Waals surface area contributed by atoms with Gasteiger partial charge in [0.15, 0.2) is 5.96 Å². The molecule has 1 aromatic heterocycles. The van der Waals surface area contributed by atoms with E-state index in [1.54, 1.807) is 0 Å². The number of aromatic amines is 1. The van der Waals surface area contributed by atoms with Crippen LogP contribution in [0.3, 0.4) is 0 Å². The fraction of sp³-hybridized carbons (Fsp3) is 0.556. The first-order chi connectivity index (χ1) is 15.5. The molecule has 33 heavy (non-hydrogen) atoms. The molecule has 4 unspecified atom stereocenters. The molecule has 15 nitrogen and oxygen atoms in total. The Morgan fingerprint density at radius 2 is 1.79 bits per heavy atom. The van der Waals surface area contributed by atoms with E-state index in [9.17, 15) is 19.2 Å². The van der Waals surface area contributed by atoms with Crippen LogP contribution in [0.2, 0.25) is 0 Å². The lowest BCUT2D eigenvalue weighted by Gasteiger charge is -2.23. The molecular weight excluding hydrogens is 438 g/mol. The number of aliphatic hydroxyl groups excluding tert-OH is 1. The van der Waals surface area contributed by atoms with Gasteiger partial charge in [-0.25, -0.2) is 9.78 Å². The van der Waals surface area contributed by atoms with Crippen LogP contribution in [0, 0.1) is 0 Å². The Morgan fingerprint density at radius 3 is 2.33 bits per heavy atom. The number of carboxylic acids is 1. The number of nitrogens with zero attached hydrogens (tertiary/aromatic N) is 2. The van der Waals surface area contributed by atoms with Crippen molar-refractivity contribution >= 4 is 29.7 Å². The molecule has 0 spiro atoms. The van der Waals surface area contributed by atoms with Gasteiger partial charge in [-0.1, -0.05) is 0 Å². The summed E-state index contributed by atoms with van der Waals surface area (Å²) in [5.41, 5.74) is 16.9. The number of aliphatic hydroxyl groups is 1. The van der Waals surface area contributed by atoms with Crippen LogP contribution >= 0.6 is 0 Å². The summed E-state index contributed by atoms with van der Waals surface area (Å²) >= 11 is 0. The molecule has 1 heterocycles. The summed E-state index contributed by atoms with van der Waals surface area (Å²) in [4.78, 5) is 58.9. The molecule has 0 fully saturated rings. The SMILES string of the molecule is CC(NC(=O)C(Cc1cnc[nH]1)NC(=O)C(N)CCCN=C(N)N)C(=O)NC(CO)C(=O)O. The first-order valence-corrected chi connectivity index (χ1v) is 10.1. The topological polar surface area (TPSA) is 264 Å². The molecular formula is C18H31N9O6. The number of nitrogens with one attached hydrogen (secondary N) is 4. The maximum atomic E-state index is 12.8. The third-order valence-electron chi connectivity index (χ3n) is 4.47. The van der Waals surface area contributed by atoms with E-state index in [2.05, 4.69) is 30.9 Å². The van der Waals surface area contributed by atoms with E-state index in [4.69, 9.17) is 27.4 Å². The van der Waals surface area contributed by atoms with Crippen LogP contribution in [-0.4, -0.2) is 87.2 Å². The number of carbonyl (C=O) groups excluding carboxylic acids is 3. The van der Waals surface area contributed by atoms with Crippen LogP contribution < -0.4 is 33.2 Å². The number of carboxylic acid groups (broad SMARTS) is 1. The highest BCUT2D eigenvalue weighted by Gasteiger charge is 2.28. The average molecular weight is 470 g/mol. The molecule has 0 saturated carbocycles. The number of amides is 3. The lowest BCUT2D eigenvalue weighted by atomic mass is 10.1. The number of rotatable bonds is 14. The Balaban J connectivity index is 2.77. The van der Waals surface area contributed by atoms with Crippen molar-refractivity contribution in [2.24, 2.45) is 22.2 Å². The maximum absolute atomic E-state index is 12.8. The third-order valence-corrected chi connectivity index (χ3v) is 4.47. The zero-order valence-electron chi connectivity index (χ0n) is 18.2. The van der Waals surface area contributed by atoms with E-state index in [1.807, 2.05) is 0 Å². The van der Waals surface area contributed by atoms with Crippen molar-refractivity contribution in [2.45, 2.75) is 50.4 Å². The minimum atomic E-state index is -1.52. The summed E-state index contributed by atoms with van der Waals surface area (Å²) in [6.45, 7) is 0.800. The zero-order valence-corrected chi connectivity index (χ0v) is 18.2. The number of carbonyl (C=O) groups is 4. The molecule has 0 aliphatic heterocycles. The largest absolute Gasteiger partial charge is 0.480 e. The van der Waals surface area contributed by atoms with Gasteiger partial charge in [-0.15, -0.1) is 0 Å². The lowest BCUT2D eigenvalue weighted by molar-refractivity contribution is -0.143. The number of hydrogen-bond acceptors (Lipinski definition) is 8. The average Bonchev–Trinajstić information content (AvgIpc) is 3.26. The quantitative estimate of drug-likeness (QED) is 0.0721. The van der Waals surface area contributed by atoms with Gasteiger partial charge in [0, 0.05) is 24.9 Å². The van der Waals surface area contributed by atoms with Crippen LogP contribution in [0.5, 0.6) is 0 Å². The Labute approximate surface area is 189 Å². The van der Waals surface area contributed by atoms with Gasteiger partial charge in [0.2, 0.25) is 17.7 Å². The highest BCUT2D eigenvalue weighted by Crippen LogP contribution is 2.03. The standard InChI is InChI=1S/C18H31N9O6/c1-9(14(29)27-13(7-28)17(32)33)25-16(31)12(5-10-6-22-8-24-10)26-15(30)11(19)3-2-4-23-18(20)21/h6,8-9,11-13,28H,2-5,7,19H2,1H3,(H,22,24)(H,25,31)(H,26,30)(H,27,29)(H,32,33)(H4,20,21,23). The molecule has 0 aliphatic carbocycles. The van der Waals surface area contributed by atoms with Gasteiger partial charge in [-0.3, -0.25) is 19.4 Å². The molecule has 0 bridgehead atoms. The highest BCUT2D eigenvalue weighted by atomic mass is 16.4. The van der Waals surface area contributed by atoms with Crippen LogP contribution in [0.15, 0.2) is 17.5 Å². The molecule has 12 N–H and O–H groups in total. The highest BCUT2D eigenvalue weighted by molar-refractivity contribution is 5.94. The van der Waals surface area contributed by atoms with E-state index in [0.29, 0.717) is 18.7 Å². The fourth-order valence-electron chi connectivity index (χ4n) is 2.62. The van der Waals surface area contributed by atoms with E-state index < -0.39 is 54.5 Å². The summed E-state index contributed by atoms with van der Waals surface area (Å²) < 4.78 is 0. The van der Waals surface area contributed by atoms with Crippen molar-refractivity contribution in [3.63, 3.8) is 0 Å². The van der Waals surface area contributed by atoms with Gasteiger partial charge in [0.05, 0.1) is 19.0 Å². The van der Waals surface area contributed by atoms with Crippen molar-refractivity contribution in [3.8, 4) is 0 Å². The minimum absolute atomic E-state index is 0.0288. The fourth-order valence-corrected chi connectivity index (χ4v) is 2.62. The van der Waals surface area contributed by atoms with Gasteiger partial charge in [-0.05, 0) is 19.8 Å². The molecule has 184 valence electrons. The summed E-state index contributed by atoms with van der Waals surface area (Å²) in [6, 6.07) is -4.71. The Bertz CT molecular complexity index is 825. The number of nitrogens with two attached hydrogens (primary N) is 3. The Morgan fingerprint density at radius 1 is 1.12 bits per heavy atom. The number of H-pyrrole nitrogens is 1. The van der Waals surface area contributed by atoms with Gasteiger partial charge < -0.3 is 48.3 Å². The van der Waals surface area contributed by atoms with Crippen molar-refractivity contribution in [3.05, 3.63) is 18.2 Å². The van der Waals surface area contributed by atoms with Crippen molar-refractivity contribution < 1.29 is 29.4 Å². The lowest BCUT2D eigenvalue weighted by Crippen LogP contribution is -2.57. The summed E-state index contributed by atoms with van der Waals surface area (Å²) in [5, 5.41) is 25.0. The smallest absolute Gasteiger partial charge is 0.328 e. The van der Waals surface area contributed by atoms with Crippen molar-refractivity contribution in [1.82, 2.24) is 25.9 Å². The van der Waals surface area contributed by atoms with Crippen LogP contribution in [-0.2, 0) is 25.6 Å². The number of aliphatic imine (C=N–C) groups is 1. The van der Waals surface area contributed by atoms with Crippen molar-refractivity contribution in [2.75, 3.05) is 13.2 Å². The van der Waals surface area contributed by atoms with Gasteiger partial charge in [-0.2, -0.15) is 0 Å². The molecule has 1 aromatic rings. The second-order valence-electron chi connectivity index (χ2n) is 7.21. The predicted octanol–water partition coefficient (Wildman–Crippen LogP) is -4.12. The molecule has 4 atom stereocenters. The minimum Gasteiger partial charge on any atom is -0.480 e. The monoisotopic (exact) mass is 469 g/mol. The summed E-state index contributed by atoms with van der Waals surface area (Å²) in [7, 11) is 0. The van der Waals surface area contributed by atoms with Crippen molar-refractivity contribution in [1.29, 1.82) is 0 Å². The van der Waals surface area contributed by atoms with Gasteiger partial charge >= 0.3 is 5.97 Å². The normalized spacial score (nSPS) is 14.3. The Hall–Kier alpha value is -3.72. The van der Waals surface area contributed by atoms with E-state index in [-0.39, 0.29) is 18.8 Å². The molecule has 0 saturated heterocycles. The molecule has 3 amide bonds. The summed E-state index contributed by atoms with van der Waals surface area (Å²) in [5.74, 6) is -3.63. The second-order valence-corrected chi connectivity index (χ2v) is 7.21. The molecule has 0 aromatic carbocycles. The van der Waals surface area contributed by atoms with E-state index in [0.717, 1.165) is 0 Å². The maximum Gasteiger partial charge on any atom is 0.328 e. The first kappa shape index (κ1) is 27.3. The van der Waals surface area contributed by atoms with Crippen LogP contribution in [0.1, 0.15) is 25.5 Å².